The predicted molar refractivity (Wildman–Crippen MR) is 119 cm³/mol. The zero-order valence-electron chi connectivity index (χ0n) is 17.8. The van der Waals surface area contributed by atoms with E-state index < -0.39 is 17.7 Å². The van der Waals surface area contributed by atoms with Gasteiger partial charge in [-0.05, 0) is 48.4 Å². The first kappa shape index (κ1) is 22.2. The minimum Gasteiger partial charge on any atom is -0.507 e. The lowest BCUT2D eigenvalue weighted by Gasteiger charge is -2.25. The molecule has 162 valence electrons. The summed E-state index contributed by atoms with van der Waals surface area (Å²) in [6, 6.07) is 13.2. The van der Waals surface area contributed by atoms with Gasteiger partial charge in [-0.3, -0.25) is 9.59 Å². The van der Waals surface area contributed by atoms with E-state index in [0.29, 0.717) is 35.8 Å². The van der Waals surface area contributed by atoms with E-state index in [2.05, 4.69) is 6.58 Å². The van der Waals surface area contributed by atoms with Crippen LogP contribution in [0.25, 0.3) is 5.76 Å². The molecule has 1 saturated heterocycles. The third-order valence-corrected chi connectivity index (χ3v) is 5.20. The van der Waals surface area contributed by atoms with Crippen molar-refractivity contribution in [3.8, 4) is 11.5 Å². The van der Waals surface area contributed by atoms with Crippen molar-refractivity contribution in [1.82, 2.24) is 4.90 Å². The number of benzene rings is 2. The molecule has 0 saturated carbocycles. The summed E-state index contributed by atoms with van der Waals surface area (Å²) in [6.45, 7) is 6.43. The van der Waals surface area contributed by atoms with Gasteiger partial charge in [0.25, 0.3) is 11.7 Å². The summed E-state index contributed by atoms with van der Waals surface area (Å²) in [5, 5.41) is 11.1. The second-order valence-electron chi connectivity index (χ2n) is 7.25. The van der Waals surface area contributed by atoms with E-state index in [1.54, 1.807) is 55.7 Å². The largest absolute Gasteiger partial charge is 0.507 e. The number of ketones is 1. The molecule has 1 atom stereocenters. The van der Waals surface area contributed by atoms with E-state index >= 15 is 0 Å². The molecule has 0 radical (unpaired) electrons. The molecule has 31 heavy (non-hydrogen) atoms. The van der Waals surface area contributed by atoms with Gasteiger partial charge < -0.3 is 19.5 Å². The van der Waals surface area contributed by atoms with E-state index in [4.69, 9.17) is 9.47 Å². The Labute approximate surface area is 182 Å². The molecule has 1 fully saturated rings. The third kappa shape index (κ3) is 4.63. The van der Waals surface area contributed by atoms with Crippen molar-refractivity contribution < 1.29 is 24.2 Å². The Morgan fingerprint density at radius 2 is 1.90 bits per heavy atom. The number of aliphatic hydroxyl groups excluding tert-OH is 1. The van der Waals surface area contributed by atoms with Gasteiger partial charge in [0.1, 0.15) is 23.9 Å². The maximum Gasteiger partial charge on any atom is 0.295 e. The van der Waals surface area contributed by atoms with Crippen molar-refractivity contribution in [3.05, 3.63) is 77.9 Å². The van der Waals surface area contributed by atoms with Crippen LogP contribution < -0.4 is 9.47 Å². The number of rotatable bonds is 9. The normalized spacial score (nSPS) is 17.6. The van der Waals surface area contributed by atoms with Crippen LogP contribution >= 0.6 is 0 Å². The second kappa shape index (κ2) is 9.98. The van der Waals surface area contributed by atoms with Crippen LogP contribution in [0, 0.1) is 0 Å². The standard InChI is InChI=1S/C25H27NO5/c1-4-6-14-26-22(18-8-7-9-20(16-18)31-15-5-2)21(24(28)25(26)29)23(27)17-10-12-19(30-3)13-11-17/h5,7-13,16,22,27H,2,4,6,14-15H2,1,3H3/b23-21-. The molecule has 1 N–H and O–H groups in total. The van der Waals surface area contributed by atoms with E-state index in [1.807, 2.05) is 13.0 Å². The number of unbranched alkanes of at least 4 members (excludes halogenated alkanes) is 1. The maximum atomic E-state index is 13.0. The van der Waals surface area contributed by atoms with Crippen molar-refractivity contribution in [3.63, 3.8) is 0 Å². The first-order valence-electron chi connectivity index (χ1n) is 10.3. The molecule has 0 aromatic heterocycles. The number of aliphatic hydroxyl groups is 1. The Bertz CT molecular complexity index is 993. The summed E-state index contributed by atoms with van der Waals surface area (Å²) in [5.74, 6) is -0.272. The Morgan fingerprint density at radius 3 is 2.55 bits per heavy atom. The molecular weight excluding hydrogens is 394 g/mol. The molecule has 1 unspecified atom stereocenters. The molecule has 0 spiro atoms. The molecular formula is C25H27NO5. The van der Waals surface area contributed by atoms with Crippen LogP contribution in [0.3, 0.4) is 0 Å². The highest BCUT2D eigenvalue weighted by molar-refractivity contribution is 6.46. The Balaban J connectivity index is 2.11. The monoisotopic (exact) mass is 421 g/mol. The lowest BCUT2D eigenvalue weighted by molar-refractivity contribution is -0.139. The zero-order chi connectivity index (χ0) is 22.4. The molecule has 2 aromatic rings. The van der Waals surface area contributed by atoms with E-state index in [1.165, 1.54) is 4.90 Å². The number of methoxy groups -OCH3 is 1. The van der Waals surface area contributed by atoms with Crippen LogP contribution in [0.5, 0.6) is 11.5 Å². The van der Waals surface area contributed by atoms with Crippen molar-refractivity contribution in [2.24, 2.45) is 0 Å². The van der Waals surface area contributed by atoms with Crippen LogP contribution in [0.2, 0.25) is 0 Å². The minimum absolute atomic E-state index is 0.0761. The number of Topliss-reactive ketones (excluding diaryl/α,β-unsaturated/α-hetero) is 1. The Hall–Kier alpha value is -3.54. The highest BCUT2D eigenvalue weighted by Crippen LogP contribution is 2.40. The lowest BCUT2D eigenvalue weighted by atomic mass is 9.95. The quantitative estimate of drug-likeness (QED) is 0.280. The van der Waals surface area contributed by atoms with Crippen LogP contribution in [-0.4, -0.2) is 42.0 Å². The van der Waals surface area contributed by atoms with Crippen LogP contribution in [0.4, 0.5) is 0 Å². The Kier molecular flexibility index (Phi) is 7.13. The number of hydrogen-bond donors (Lipinski definition) is 1. The van der Waals surface area contributed by atoms with Gasteiger partial charge in [0.2, 0.25) is 0 Å². The molecule has 0 bridgehead atoms. The molecule has 3 rings (SSSR count). The lowest BCUT2D eigenvalue weighted by Crippen LogP contribution is -2.30. The second-order valence-corrected chi connectivity index (χ2v) is 7.25. The van der Waals surface area contributed by atoms with Gasteiger partial charge in [-0.15, -0.1) is 0 Å². The van der Waals surface area contributed by atoms with Gasteiger partial charge in [0.15, 0.2) is 0 Å². The van der Waals surface area contributed by atoms with Crippen molar-refractivity contribution in [1.29, 1.82) is 0 Å². The summed E-state index contributed by atoms with van der Waals surface area (Å²) < 4.78 is 10.8. The van der Waals surface area contributed by atoms with E-state index in [-0.39, 0.29) is 11.3 Å². The van der Waals surface area contributed by atoms with Gasteiger partial charge in [0.05, 0.1) is 18.7 Å². The molecule has 6 nitrogen and oxygen atoms in total. The number of ether oxygens (including phenoxy) is 2. The molecule has 1 aliphatic heterocycles. The Morgan fingerprint density at radius 1 is 1.16 bits per heavy atom. The van der Waals surface area contributed by atoms with Crippen LogP contribution in [0.1, 0.15) is 36.9 Å². The zero-order valence-corrected chi connectivity index (χ0v) is 17.8. The number of carbonyl (C=O) groups excluding carboxylic acids is 2. The van der Waals surface area contributed by atoms with Crippen molar-refractivity contribution in [2.45, 2.75) is 25.8 Å². The summed E-state index contributed by atoms with van der Waals surface area (Å²) >= 11 is 0. The van der Waals surface area contributed by atoms with Crippen LogP contribution in [-0.2, 0) is 9.59 Å². The average Bonchev–Trinajstić information content (AvgIpc) is 3.06. The van der Waals surface area contributed by atoms with Crippen LogP contribution in [0.15, 0.2) is 66.8 Å². The molecule has 1 amide bonds. The number of carbonyl (C=O) groups is 2. The third-order valence-electron chi connectivity index (χ3n) is 5.20. The number of hydrogen-bond acceptors (Lipinski definition) is 5. The van der Waals surface area contributed by atoms with Crippen molar-refractivity contribution >= 4 is 17.4 Å². The van der Waals surface area contributed by atoms with Crippen molar-refractivity contribution in [2.75, 3.05) is 20.3 Å². The SMILES string of the molecule is C=CCOc1cccc(C2/C(=C(/O)c3ccc(OC)cc3)C(=O)C(=O)N2CCCC)c1. The van der Waals surface area contributed by atoms with Gasteiger partial charge >= 0.3 is 0 Å². The number of nitrogens with zero attached hydrogens (tertiary/aromatic N) is 1. The topological polar surface area (TPSA) is 76.1 Å². The molecule has 1 aliphatic rings. The predicted octanol–water partition coefficient (Wildman–Crippen LogP) is 4.48. The first-order chi connectivity index (χ1) is 15.0. The summed E-state index contributed by atoms with van der Waals surface area (Å²) in [4.78, 5) is 27.4. The molecule has 1 heterocycles. The minimum atomic E-state index is -0.694. The number of likely N-dealkylation sites (tertiary alicyclic amines) is 1. The molecule has 2 aromatic carbocycles. The highest BCUT2D eigenvalue weighted by Gasteiger charge is 2.45. The maximum absolute atomic E-state index is 13.0. The molecule has 0 aliphatic carbocycles. The van der Waals surface area contributed by atoms with Gasteiger partial charge in [0, 0.05) is 12.1 Å². The fraction of sp³-hybridized carbons (Fsp3) is 0.280. The average molecular weight is 421 g/mol. The fourth-order valence-electron chi connectivity index (χ4n) is 3.62. The van der Waals surface area contributed by atoms with Gasteiger partial charge in [-0.1, -0.05) is 38.1 Å². The van der Waals surface area contributed by atoms with Gasteiger partial charge in [-0.25, -0.2) is 0 Å². The smallest absolute Gasteiger partial charge is 0.295 e. The number of amides is 1. The van der Waals surface area contributed by atoms with E-state index in [0.717, 1.165) is 12.8 Å². The summed E-state index contributed by atoms with van der Waals surface area (Å²) in [5.41, 5.74) is 1.22. The molecule has 6 heteroatoms. The highest BCUT2D eigenvalue weighted by atomic mass is 16.5. The fourth-order valence-corrected chi connectivity index (χ4v) is 3.62. The summed E-state index contributed by atoms with van der Waals surface area (Å²) in [7, 11) is 1.55. The van der Waals surface area contributed by atoms with E-state index in [9.17, 15) is 14.7 Å². The summed E-state index contributed by atoms with van der Waals surface area (Å²) in [6.07, 6.45) is 3.26. The first-order valence-corrected chi connectivity index (χ1v) is 10.3. The van der Waals surface area contributed by atoms with Gasteiger partial charge in [-0.2, -0.15) is 0 Å².